The predicted octanol–water partition coefficient (Wildman–Crippen LogP) is 0.924. The number of hydrogen-bond donors (Lipinski definition) is 1. The number of rotatable bonds is 2. The highest BCUT2D eigenvalue weighted by atomic mass is 35.5. The highest BCUT2D eigenvalue weighted by Gasteiger charge is 2.18. The normalized spacial score (nSPS) is 22.9. The van der Waals surface area contributed by atoms with Gasteiger partial charge in [0.15, 0.2) is 0 Å². The average molecular weight is 227 g/mol. The monoisotopic (exact) mass is 226 g/mol. The summed E-state index contributed by atoms with van der Waals surface area (Å²) in [5.41, 5.74) is 0.990. The molecule has 1 aromatic rings. The van der Waals surface area contributed by atoms with E-state index < -0.39 is 0 Å². The Hall–Kier alpha value is -0.710. The summed E-state index contributed by atoms with van der Waals surface area (Å²) in [5.74, 6) is 0. The van der Waals surface area contributed by atoms with Crippen LogP contribution in [0.5, 0.6) is 0 Å². The van der Waals surface area contributed by atoms with E-state index in [0.29, 0.717) is 11.3 Å². The molecule has 0 saturated carbocycles. The van der Waals surface area contributed by atoms with Crippen LogP contribution in [-0.4, -0.2) is 40.5 Å². The summed E-state index contributed by atoms with van der Waals surface area (Å²) in [6.45, 7) is 6.21. The standard InChI is InChI=1S/C10H15ClN4/c1-8-6-12-4-5-15(8)7-9-2-3-13-10(11)14-9/h2-3,8,12H,4-7H2,1H3/t8-/m1/s1. The van der Waals surface area contributed by atoms with Crippen molar-refractivity contribution in [1.29, 1.82) is 0 Å². The van der Waals surface area contributed by atoms with E-state index in [1.54, 1.807) is 6.20 Å². The zero-order valence-corrected chi connectivity index (χ0v) is 9.54. The summed E-state index contributed by atoms with van der Waals surface area (Å²) in [7, 11) is 0. The van der Waals surface area contributed by atoms with Gasteiger partial charge < -0.3 is 5.32 Å². The van der Waals surface area contributed by atoms with E-state index in [1.807, 2.05) is 6.07 Å². The summed E-state index contributed by atoms with van der Waals surface area (Å²) >= 11 is 5.75. The second-order valence-electron chi connectivity index (χ2n) is 3.84. The van der Waals surface area contributed by atoms with Gasteiger partial charge in [-0.05, 0) is 24.6 Å². The summed E-state index contributed by atoms with van der Waals surface area (Å²) in [4.78, 5) is 10.5. The molecule has 1 fully saturated rings. The van der Waals surface area contributed by atoms with Gasteiger partial charge in [0.1, 0.15) is 0 Å². The number of nitrogens with zero attached hydrogens (tertiary/aromatic N) is 3. The van der Waals surface area contributed by atoms with Crippen LogP contribution in [0.3, 0.4) is 0 Å². The first-order valence-electron chi connectivity index (χ1n) is 5.18. The lowest BCUT2D eigenvalue weighted by Crippen LogP contribution is -2.49. The minimum atomic E-state index is 0.329. The lowest BCUT2D eigenvalue weighted by atomic mass is 10.2. The van der Waals surface area contributed by atoms with Gasteiger partial charge in [-0.3, -0.25) is 4.90 Å². The Kier molecular flexibility index (Phi) is 3.51. The van der Waals surface area contributed by atoms with Crippen molar-refractivity contribution in [3.05, 3.63) is 23.2 Å². The van der Waals surface area contributed by atoms with Crippen molar-refractivity contribution in [2.75, 3.05) is 19.6 Å². The van der Waals surface area contributed by atoms with Crippen LogP contribution in [-0.2, 0) is 6.54 Å². The number of piperazine rings is 1. The van der Waals surface area contributed by atoms with E-state index in [1.165, 1.54) is 0 Å². The molecule has 5 heteroatoms. The molecule has 0 aromatic carbocycles. The van der Waals surface area contributed by atoms with Crippen LogP contribution < -0.4 is 5.32 Å². The number of halogens is 1. The molecule has 1 saturated heterocycles. The van der Waals surface area contributed by atoms with Gasteiger partial charge in [0.2, 0.25) is 5.28 Å². The Bertz CT molecular complexity index is 331. The van der Waals surface area contributed by atoms with Crippen LogP contribution in [0.15, 0.2) is 12.3 Å². The molecule has 0 spiro atoms. The van der Waals surface area contributed by atoms with E-state index in [4.69, 9.17) is 11.6 Å². The molecule has 82 valence electrons. The van der Waals surface area contributed by atoms with Gasteiger partial charge in [-0.1, -0.05) is 0 Å². The smallest absolute Gasteiger partial charge is 0.222 e. The van der Waals surface area contributed by atoms with Crippen LogP contribution in [0.2, 0.25) is 5.28 Å². The third-order valence-electron chi connectivity index (χ3n) is 2.69. The molecule has 0 radical (unpaired) electrons. The lowest BCUT2D eigenvalue weighted by Gasteiger charge is -2.33. The Labute approximate surface area is 94.7 Å². The molecule has 1 aliphatic heterocycles. The first-order valence-corrected chi connectivity index (χ1v) is 5.55. The minimum Gasteiger partial charge on any atom is -0.314 e. The average Bonchev–Trinajstić information content (AvgIpc) is 2.22. The van der Waals surface area contributed by atoms with Crippen LogP contribution >= 0.6 is 11.6 Å². The molecule has 1 aliphatic rings. The number of hydrogen-bond acceptors (Lipinski definition) is 4. The minimum absolute atomic E-state index is 0.329. The molecule has 1 atom stereocenters. The highest BCUT2D eigenvalue weighted by Crippen LogP contribution is 2.09. The van der Waals surface area contributed by atoms with Gasteiger partial charge in [0, 0.05) is 38.4 Å². The predicted molar refractivity (Wildman–Crippen MR) is 59.8 cm³/mol. The van der Waals surface area contributed by atoms with E-state index in [0.717, 1.165) is 31.9 Å². The van der Waals surface area contributed by atoms with Crippen LogP contribution in [0, 0.1) is 0 Å². The summed E-state index contributed by atoms with van der Waals surface area (Å²) < 4.78 is 0. The van der Waals surface area contributed by atoms with Gasteiger partial charge in [-0.15, -0.1) is 0 Å². The van der Waals surface area contributed by atoms with Gasteiger partial charge in [-0.25, -0.2) is 9.97 Å². The topological polar surface area (TPSA) is 41.0 Å². The van der Waals surface area contributed by atoms with Gasteiger partial charge >= 0.3 is 0 Å². The zero-order valence-electron chi connectivity index (χ0n) is 8.78. The molecule has 4 nitrogen and oxygen atoms in total. The van der Waals surface area contributed by atoms with E-state index in [2.05, 4.69) is 27.1 Å². The van der Waals surface area contributed by atoms with Crippen molar-refractivity contribution in [3.63, 3.8) is 0 Å². The van der Waals surface area contributed by atoms with Crippen molar-refractivity contribution in [2.24, 2.45) is 0 Å². The van der Waals surface area contributed by atoms with Crippen molar-refractivity contribution in [3.8, 4) is 0 Å². The van der Waals surface area contributed by atoms with E-state index in [9.17, 15) is 0 Å². The SMILES string of the molecule is C[C@@H]1CNCCN1Cc1ccnc(Cl)n1. The Morgan fingerprint density at radius 2 is 2.53 bits per heavy atom. The maximum absolute atomic E-state index is 5.75. The fourth-order valence-corrected chi connectivity index (χ4v) is 1.95. The maximum Gasteiger partial charge on any atom is 0.222 e. The van der Waals surface area contributed by atoms with Gasteiger partial charge in [-0.2, -0.15) is 0 Å². The van der Waals surface area contributed by atoms with E-state index >= 15 is 0 Å². The zero-order chi connectivity index (χ0) is 10.7. The molecule has 2 rings (SSSR count). The first-order chi connectivity index (χ1) is 7.25. The molecule has 15 heavy (non-hydrogen) atoms. The first kappa shape index (κ1) is 10.8. The molecule has 0 bridgehead atoms. The van der Waals surface area contributed by atoms with Crippen molar-refractivity contribution >= 4 is 11.6 Å². The van der Waals surface area contributed by atoms with Crippen LogP contribution in [0.25, 0.3) is 0 Å². The Morgan fingerprint density at radius 1 is 1.67 bits per heavy atom. The van der Waals surface area contributed by atoms with Crippen molar-refractivity contribution < 1.29 is 0 Å². The Morgan fingerprint density at radius 3 is 3.27 bits per heavy atom. The quantitative estimate of drug-likeness (QED) is 0.762. The van der Waals surface area contributed by atoms with Crippen molar-refractivity contribution in [1.82, 2.24) is 20.2 Å². The maximum atomic E-state index is 5.75. The number of aromatic nitrogens is 2. The molecule has 1 N–H and O–H groups in total. The van der Waals surface area contributed by atoms with Crippen molar-refractivity contribution in [2.45, 2.75) is 19.5 Å². The number of nitrogens with one attached hydrogen (secondary N) is 1. The third kappa shape index (κ3) is 2.87. The highest BCUT2D eigenvalue weighted by molar-refractivity contribution is 6.28. The second kappa shape index (κ2) is 4.88. The molecule has 0 amide bonds. The largest absolute Gasteiger partial charge is 0.314 e. The fraction of sp³-hybridized carbons (Fsp3) is 0.600. The van der Waals surface area contributed by atoms with Crippen LogP contribution in [0.4, 0.5) is 0 Å². The Balaban J connectivity index is 2.01. The van der Waals surface area contributed by atoms with E-state index in [-0.39, 0.29) is 0 Å². The summed E-state index contributed by atoms with van der Waals surface area (Å²) in [6.07, 6.45) is 1.71. The van der Waals surface area contributed by atoms with Crippen LogP contribution in [0.1, 0.15) is 12.6 Å². The fourth-order valence-electron chi connectivity index (χ4n) is 1.78. The van der Waals surface area contributed by atoms with Gasteiger partial charge in [0.05, 0.1) is 5.69 Å². The summed E-state index contributed by atoms with van der Waals surface area (Å²) in [6, 6.07) is 2.47. The molecule has 0 aliphatic carbocycles. The molecule has 0 unspecified atom stereocenters. The molecular weight excluding hydrogens is 212 g/mol. The second-order valence-corrected chi connectivity index (χ2v) is 4.18. The summed E-state index contributed by atoms with van der Waals surface area (Å²) in [5, 5.41) is 3.69. The third-order valence-corrected chi connectivity index (χ3v) is 2.87. The van der Waals surface area contributed by atoms with Gasteiger partial charge in [0.25, 0.3) is 0 Å². The molecular formula is C10H15ClN4. The lowest BCUT2D eigenvalue weighted by molar-refractivity contribution is 0.163. The molecule has 1 aromatic heterocycles. The molecule has 2 heterocycles.